The van der Waals surface area contributed by atoms with Gasteiger partial charge in [-0.25, -0.2) is 0 Å². The molecule has 1 heterocycles. The number of rotatable bonds is 2. The largest absolute Gasteiger partial charge is 0.298 e. The molecule has 1 fully saturated rings. The van der Waals surface area contributed by atoms with Crippen LogP contribution in [0.25, 0.3) is 5.57 Å². The average Bonchev–Trinajstić information content (AvgIpc) is 2.63. The van der Waals surface area contributed by atoms with Crippen molar-refractivity contribution in [3.05, 3.63) is 77.4 Å². The zero-order valence-corrected chi connectivity index (χ0v) is 13.2. The normalized spacial score (nSPS) is 24.4. The molecule has 2 aromatic carbocycles. The highest BCUT2D eigenvalue weighted by atomic mass is 16.1. The van der Waals surface area contributed by atoms with Crippen LogP contribution >= 0.6 is 0 Å². The van der Waals surface area contributed by atoms with Gasteiger partial charge in [0.15, 0.2) is 5.78 Å². The van der Waals surface area contributed by atoms with Crippen molar-refractivity contribution < 1.29 is 4.79 Å². The lowest BCUT2D eigenvalue weighted by molar-refractivity contribution is -0.121. The van der Waals surface area contributed by atoms with Crippen LogP contribution in [0, 0.1) is 0 Å². The number of benzene rings is 2. The van der Waals surface area contributed by atoms with E-state index in [-0.39, 0.29) is 12.1 Å². The predicted molar refractivity (Wildman–Crippen MR) is 92.9 cm³/mol. The predicted octanol–water partition coefficient (Wildman–Crippen LogP) is 4.30. The SMILES string of the molecule is O=C1CCCC2=C(c3ccccc3)CC(c3ccccc3)NC12. The van der Waals surface area contributed by atoms with Crippen molar-refractivity contribution in [2.24, 2.45) is 0 Å². The van der Waals surface area contributed by atoms with Crippen LogP contribution < -0.4 is 5.32 Å². The molecule has 1 aliphatic carbocycles. The molecular formula is C21H21NO. The Hall–Kier alpha value is -2.19. The molecule has 1 saturated carbocycles. The van der Waals surface area contributed by atoms with E-state index >= 15 is 0 Å². The number of carbonyl (C=O) groups is 1. The summed E-state index contributed by atoms with van der Waals surface area (Å²) in [6, 6.07) is 21.2. The van der Waals surface area contributed by atoms with Crippen molar-refractivity contribution in [3.8, 4) is 0 Å². The minimum atomic E-state index is -0.0992. The van der Waals surface area contributed by atoms with Crippen molar-refractivity contribution >= 4 is 11.4 Å². The maximum atomic E-state index is 12.5. The van der Waals surface area contributed by atoms with E-state index in [1.165, 1.54) is 22.3 Å². The van der Waals surface area contributed by atoms with E-state index in [1.807, 2.05) is 12.1 Å². The molecule has 0 amide bonds. The van der Waals surface area contributed by atoms with Gasteiger partial charge in [0, 0.05) is 12.5 Å². The minimum Gasteiger partial charge on any atom is -0.298 e. The smallest absolute Gasteiger partial charge is 0.153 e. The first-order chi connectivity index (χ1) is 11.3. The van der Waals surface area contributed by atoms with Gasteiger partial charge in [-0.05, 0) is 41.5 Å². The van der Waals surface area contributed by atoms with Gasteiger partial charge in [0.2, 0.25) is 0 Å². The topological polar surface area (TPSA) is 29.1 Å². The molecule has 2 atom stereocenters. The monoisotopic (exact) mass is 303 g/mol. The summed E-state index contributed by atoms with van der Waals surface area (Å²) < 4.78 is 0. The molecule has 0 aromatic heterocycles. The number of nitrogens with one attached hydrogen (secondary N) is 1. The quantitative estimate of drug-likeness (QED) is 0.896. The molecule has 23 heavy (non-hydrogen) atoms. The molecule has 4 rings (SSSR count). The number of carbonyl (C=O) groups excluding carboxylic acids is 1. The highest BCUT2D eigenvalue weighted by molar-refractivity contribution is 5.92. The highest BCUT2D eigenvalue weighted by Gasteiger charge is 2.35. The number of Topliss-reactive ketones (excluding diaryl/α,β-unsaturated/α-hetero) is 1. The second kappa shape index (κ2) is 6.13. The highest BCUT2D eigenvalue weighted by Crippen LogP contribution is 2.40. The van der Waals surface area contributed by atoms with E-state index < -0.39 is 0 Å². The Labute approximate surface area is 137 Å². The Bertz CT molecular complexity index is 733. The van der Waals surface area contributed by atoms with Crippen LogP contribution in [-0.2, 0) is 4.79 Å². The average molecular weight is 303 g/mol. The standard InChI is InChI=1S/C21H21NO/c23-20-13-7-12-17-18(15-8-3-1-4-9-15)14-19(22-21(17)20)16-10-5-2-6-11-16/h1-6,8-11,19,21-22H,7,12-14H2. The van der Waals surface area contributed by atoms with Gasteiger partial charge in [0.25, 0.3) is 0 Å². The molecule has 1 N–H and O–H groups in total. The Morgan fingerprint density at radius 2 is 1.57 bits per heavy atom. The van der Waals surface area contributed by atoms with Gasteiger partial charge in [-0.15, -0.1) is 0 Å². The lowest BCUT2D eigenvalue weighted by atomic mass is 9.77. The zero-order valence-electron chi connectivity index (χ0n) is 13.2. The third-order valence-electron chi connectivity index (χ3n) is 5.03. The third kappa shape index (κ3) is 2.75. The van der Waals surface area contributed by atoms with Gasteiger partial charge in [0.05, 0.1) is 6.04 Å². The number of fused-ring (bicyclic) bond motifs is 1. The molecule has 2 heteroatoms. The van der Waals surface area contributed by atoms with Crippen molar-refractivity contribution in [3.63, 3.8) is 0 Å². The number of ketones is 1. The summed E-state index contributed by atoms with van der Waals surface area (Å²) in [5, 5.41) is 3.61. The second-order valence-corrected chi connectivity index (χ2v) is 6.46. The summed E-state index contributed by atoms with van der Waals surface area (Å²) in [5.41, 5.74) is 5.22. The molecule has 1 aliphatic heterocycles. The van der Waals surface area contributed by atoms with E-state index in [0.717, 1.165) is 19.3 Å². The fourth-order valence-electron chi connectivity index (χ4n) is 3.89. The van der Waals surface area contributed by atoms with Crippen molar-refractivity contribution in [2.75, 3.05) is 0 Å². The molecular weight excluding hydrogens is 282 g/mol. The van der Waals surface area contributed by atoms with E-state index in [0.29, 0.717) is 12.2 Å². The summed E-state index contributed by atoms with van der Waals surface area (Å²) in [6.07, 6.45) is 3.67. The van der Waals surface area contributed by atoms with Gasteiger partial charge in [-0.3, -0.25) is 10.1 Å². The Balaban J connectivity index is 1.78. The molecule has 2 aromatic rings. The zero-order chi connectivity index (χ0) is 15.6. The van der Waals surface area contributed by atoms with Crippen LogP contribution in [0.15, 0.2) is 66.2 Å². The summed E-state index contributed by atoms with van der Waals surface area (Å²) in [5.74, 6) is 0.348. The van der Waals surface area contributed by atoms with Gasteiger partial charge < -0.3 is 0 Å². The lowest BCUT2D eigenvalue weighted by Gasteiger charge is -2.37. The van der Waals surface area contributed by atoms with Gasteiger partial charge >= 0.3 is 0 Å². The molecule has 2 unspecified atom stereocenters. The molecule has 0 spiro atoms. The Kier molecular flexibility index (Phi) is 3.84. The van der Waals surface area contributed by atoms with Crippen LogP contribution in [0.3, 0.4) is 0 Å². The van der Waals surface area contributed by atoms with Gasteiger partial charge in [0.1, 0.15) is 0 Å². The molecule has 2 nitrogen and oxygen atoms in total. The van der Waals surface area contributed by atoms with E-state index in [4.69, 9.17) is 0 Å². The Morgan fingerprint density at radius 3 is 2.30 bits per heavy atom. The number of hydrogen-bond acceptors (Lipinski definition) is 2. The molecule has 2 aliphatic rings. The first kappa shape index (κ1) is 14.4. The fraction of sp³-hybridized carbons (Fsp3) is 0.286. The second-order valence-electron chi connectivity index (χ2n) is 6.46. The Morgan fingerprint density at radius 1 is 0.870 bits per heavy atom. The van der Waals surface area contributed by atoms with E-state index in [9.17, 15) is 4.79 Å². The molecule has 0 bridgehead atoms. The summed E-state index contributed by atoms with van der Waals surface area (Å²) in [6.45, 7) is 0. The van der Waals surface area contributed by atoms with Crippen LogP contribution in [-0.4, -0.2) is 11.8 Å². The van der Waals surface area contributed by atoms with Crippen LogP contribution in [0.4, 0.5) is 0 Å². The first-order valence-electron chi connectivity index (χ1n) is 8.44. The van der Waals surface area contributed by atoms with Gasteiger partial charge in [-0.1, -0.05) is 60.7 Å². The maximum Gasteiger partial charge on any atom is 0.153 e. The molecule has 0 saturated heterocycles. The van der Waals surface area contributed by atoms with E-state index in [2.05, 4.69) is 53.8 Å². The fourth-order valence-corrected chi connectivity index (χ4v) is 3.89. The van der Waals surface area contributed by atoms with E-state index in [1.54, 1.807) is 0 Å². The van der Waals surface area contributed by atoms with Crippen LogP contribution in [0.5, 0.6) is 0 Å². The third-order valence-corrected chi connectivity index (χ3v) is 5.03. The maximum absolute atomic E-state index is 12.5. The number of hydrogen-bond donors (Lipinski definition) is 1. The van der Waals surface area contributed by atoms with Crippen molar-refractivity contribution in [1.82, 2.24) is 5.32 Å². The minimum absolute atomic E-state index is 0.0992. The van der Waals surface area contributed by atoms with Crippen LogP contribution in [0.2, 0.25) is 0 Å². The lowest BCUT2D eigenvalue weighted by Crippen LogP contribution is -2.46. The van der Waals surface area contributed by atoms with Crippen LogP contribution in [0.1, 0.15) is 42.9 Å². The van der Waals surface area contributed by atoms with Gasteiger partial charge in [-0.2, -0.15) is 0 Å². The summed E-state index contributed by atoms with van der Waals surface area (Å²) in [4.78, 5) is 12.5. The first-order valence-corrected chi connectivity index (χ1v) is 8.44. The summed E-state index contributed by atoms with van der Waals surface area (Å²) in [7, 11) is 0. The molecule has 0 radical (unpaired) electrons. The molecule has 116 valence electrons. The van der Waals surface area contributed by atoms with Crippen molar-refractivity contribution in [2.45, 2.75) is 37.8 Å². The summed E-state index contributed by atoms with van der Waals surface area (Å²) >= 11 is 0. The van der Waals surface area contributed by atoms with Crippen molar-refractivity contribution in [1.29, 1.82) is 0 Å².